The maximum atomic E-state index is 5.83. The molecule has 1 unspecified atom stereocenters. The van der Waals surface area contributed by atoms with Crippen LogP contribution < -0.4 is 20.7 Å². The molecule has 0 spiro atoms. The van der Waals surface area contributed by atoms with Gasteiger partial charge in [0.15, 0.2) is 11.5 Å². The van der Waals surface area contributed by atoms with Gasteiger partial charge in [-0.05, 0) is 31.0 Å². The van der Waals surface area contributed by atoms with Gasteiger partial charge in [-0.2, -0.15) is 0 Å². The molecule has 3 N–H and O–H groups in total. The normalized spacial score (nSPS) is 14.8. The molecule has 0 fully saturated rings. The van der Waals surface area contributed by atoms with Gasteiger partial charge in [0.1, 0.15) is 13.2 Å². The Bertz CT molecular complexity index is 655. The zero-order valence-corrected chi connectivity index (χ0v) is 12.3. The van der Waals surface area contributed by atoms with Gasteiger partial charge >= 0.3 is 0 Å². The summed E-state index contributed by atoms with van der Waals surface area (Å²) in [6.45, 7) is 5.33. The second-order valence-electron chi connectivity index (χ2n) is 5.33. The first-order valence-electron chi connectivity index (χ1n) is 7.12. The Morgan fingerprint density at radius 2 is 1.86 bits per heavy atom. The Hall–Kier alpha value is -2.04. The minimum Gasteiger partial charge on any atom is -0.486 e. The van der Waals surface area contributed by atoms with Crippen molar-refractivity contribution in [2.24, 2.45) is 5.84 Å². The molecule has 0 bridgehead atoms. The van der Waals surface area contributed by atoms with Crippen LogP contribution in [0.1, 0.15) is 28.3 Å². The van der Waals surface area contributed by atoms with E-state index >= 15 is 0 Å². The molecule has 1 aliphatic rings. The second kappa shape index (κ2) is 5.76. The van der Waals surface area contributed by atoms with Crippen molar-refractivity contribution >= 4 is 0 Å². The van der Waals surface area contributed by atoms with Crippen molar-refractivity contribution in [3.05, 3.63) is 58.7 Å². The summed E-state index contributed by atoms with van der Waals surface area (Å²) >= 11 is 0. The molecule has 0 saturated heterocycles. The molecule has 21 heavy (non-hydrogen) atoms. The van der Waals surface area contributed by atoms with Crippen LogP contribution in [0.25, 0.3) is 0 Å². The molecule has 1 heterocycles. The van der Waals surface area contributed by atoms with Crippen molar-refractivity contribution in [3.63, 3.8) is 0 Å². The molecule has 1 atom stereocenters. The van der Waals surface area contributed by atoms with Crippen LogP contribution in [0.3, 0.4) is 0 Å². The van der Waals surface area contributed by atoms with E-state index in [0.717, 1.165) is 22.6 Å². The molecule has 1 aliphatic heterocycles. The Morgan fingerprint density at radius 1 is 1.05 bits per heavy atom. The first-order valence-corrected chi connectivity index (χ1v) is 7.12. The number of nitrogens with one attached hydrogen (secondary N) is 1. The van der Waals surface area contributed by atoms with Gasteiger partial charge in [-0.15, -0.1) is 0 Å². The highest BCUT2D eigenvalue weighted by atomic mass is 16.6. The highest BCUT2D eigenvalue weighted by Crippen LogP contribution is 2.39. The Balaban J connectivity index is 2.08. The number of aryl methyl sites for hydroxylation is 2. The Kier molecular flexibility index (Phi) is 3.82. The van der Waals surface area contributed by atoms with Crippen LogP contribution >= 0.6 is 0 Å². The van der Waals surface area contributed by atoms with Gasteiger partial charge in [0.05, 0.1) is 6.04 Å². The van der Waals surface area contributed by atoms with Crippen molar-refractivity contribution in [3.8, 4) is 11.5 Å². The number of benzene rings is 2. The lowest BCUT2D eigenvalue weighted by molar-refractivity contribution is 0.169. The maximum Gasteiger partial charge on any atom is 0.166 e. The largest absolute Gasteiger partial charge is 0.486 e. The lowest BCUT2D eigenvalue weighted by Gasteiger charge is -2.26. The topological polar surface area (TPSA) is 56.5 Å². The highest BCUT2D eigenvalue weighted by molar-refractivity contribution is 5.52. The average molecular weight is 284 g/mol. The van der Waals surface area contributed by atoms with Crippen molar-refractivity contribution < 1.29 is 9.47 Å². The standard InChI is InChI=1S/C17H20N2O2/c1-11-6-7-13(12(2)10-11)16(19-18)14-4-3-5-15-17(14)21-9-8-20-15/h3-7,10,16,19H,8-9,18H2,1-2H3. The number of hydrogen-bond acceptors (Lipinski definition) is 4. The quantitative estimate of drug-likeness (QED) is 0.672. The van der Waals surface area contributed by atoms with Crippen LogP contribution in [0.2, 0.25) is 0 Å². The molecule has 0 aliphatic carbocycles. The lowest BCUT2D eigenvalue weighted by Crippen LogP contribution is -2.30. The van der Waals surface area contributed by atoms with E-state index in [1.165, 1.54) is 11.1 Å². The van der Waals surface area contributed by atoms with Crippen LogP contribution in [-0.4, -0.2) is 13.2 Å². The number of para-hydroxylation sites is 1. The fourth-order valence-corrected chi connectivity index (χ4v) is 2.82. The van der Waals surface area contributed by atoms with Gasteiger partial charge in [0.25, 0.3) is 0 Å². The number of hydrogen-bond donors (Lipinski definition) is 2. The molecule has 2 aromatic rings. The monoisotopic (exact) mass is 284 g/mol. The molecule has 3 rings (SSSR count). The molecule has 4 heteroatoms. The minimum atomic E-state index is -0.123. The van der Waals surface area contributed by atoms with Gasteiger partial charge < -0.3 is 9.47 Å². The number of rotatable bonds is 3. The third kappa shape index (κ3) is 2.60. The zero-order chi connectivity index (χ0) is 14.8. The van der Waals surface area contributed by atoms with Gasteiger partial charge in [-0.25, -0.2) is 5.43 Å². The van der Waals surface area contributed by atoms with Gasteiger partial charge in [-0.3, -0.25) is 5.84 Å². The summed E-state index contributed by atoms with van der Waals surface area (Å²) in [6.07, 6.45) is 0. The Morgan fingerprint density at radius 3 is 2.62 bits per heavy atom. The van der Waals surface area contributed by atoms with Crippen LogP contribution in [0.4, 0.5) is 0 Å². The minimum absolute atomic E-state index is 0.123. The van der Waals surface area contributed by atoms with Crippen LogP contribution in [0.15, 0.2) is 36.4 Å². The number of hydrazine groups is 1. The maximum absolute atomic E-state index is 5.83. The van der Waals surface area contributed by atoms with Crippen LogP contribution in [-0.2, 0) is 0 Å². The fourth-order valence-electron chi connectivity index (χ4n) is 2.82. The molecule has 2 aromatic carbocycles. The van der Waals surface area contributed by atoms with Crippen molar-refractivity contribution in [2.45, 2.75) is 19.9 Å². The summed E-state index contributed by atoms with van der Waals surface area (Å²) < 4.78 is 11.5. The van der Waals surface area contributed by atoms with Crippen molar-refractivity contribution in [2.75, 3.05) is 13.2 Å². The summed E-state index contributed by atoms with van der Waals surface area (Å²) in [6, 6.07) is 12.2. The number of nitrogens with two attached hydrogens (primary N) is 1. The third-order valence-electron chi connectivity index (χ3n) is 3.81. The van der Waals surface area contributed by atoms with Crippen LogP contribution in [0, 0.1) is 13.8 Å². The summed E-state index contributed by atoms with van der Waals surface area (Å²) in [5.74, 6) is 7.40. The SMILES string of the molecule is Cc1ccc(C(NN)c2cccc3c2OCCO3)c(C)c1. The Labute approximate surface area is 124 Å². The second-order valence-corrected chi connectivity index (χ2v) is 5.33. The predicted molar refractivity (Wildman–Crippen MR) is 82.5 cm³/mol. The van der Waals surface area contributed by atoms with E-state index in [2.05, 4.69) is 37.5 Å². The van der Waals surface area contributed by atoms with Crippen molar-refractivity contribution in [1.29, 1.82) is 0 Å². The third-order valence-corrected chi connectivity index (χ3v) is 3.81. The first kappa shape index (κ1) is 13.9. The van der Waals surface area contributed by atoms with Gasteiger partial charge in [-0.1, -0.05) is 35.9 Å². The van der Waals surface area contributed by atoms with Crippen molar-refractivity contribution in [1.82, 2.24) is 5.43 Å². The molecule has 0 radical (unpaired) electrons. The molecule has 0 aromatic heterocycles. The summed E-state index contributed by atoms with van der Waals surface area (Å²) in [5, 5.41) is 0. The summed E-state index contributed by atoms with van der Waals surface area (Å²) in [5.41, 5.74) is 7.49. The van der Waals surface area contributed by atoms with E-state index in [1.54, 1.807) is 0 Å². The summed E-state index contributed by atoms with van der Waals surface area (Å²) in [7, 11) is 0. The van der Waals surface area contributed by atoms with Crippen LogP contribution in [0.5, 0.6) is 11.5 Å². The number of fused-ring (bicyclic) bond motifs is 1. The number of ether oxygens (including phenoxy) is 2. The van der Waals surface area contributed by atoms with E-state index in [0.29, 0.717) is 13.2 Å². The molecular weight excluding hydrogens is 264 g/mol. The lowest BCUT2D eigenvalue weighted by atomic mass is 9.93. The predicted octanol–water partition coefficient (Wildman–Crippen LogP) is 2.63. The highest BCUT2D eigenvalue weighted by Gasteiger charge is 2.23. The van der Waals surface area contributed by atoms with Gasteiger partial charge in [0, 0.05) is 5.56 Å². The smallest absolute Gasteiger partial charge is 0.166 e. The molecule has 0 amide bonds. The molecule has 110 valence electrons. The van der Waals surface area contributed by atoms with E-state index in [4.69, 9.17) is 15.3 Å². The van der Waals surface area contributed by atoms with E-state index < -0.39 is 0 Å². The van der Waals surface area contributed by atoms with E-state index in [-0.39, 0.29) is 6.04 Å². The summed E-state index contributed by atoms with van der Waals surface area (Å²) in [4.78, 5) is 0. The van der Waals surface area contributed by atoms with E-state index in [1.807, 2.05) is 18.2 Å². The first-order chi connectivity index (χ1) is 10.2. The average Bonchev–Trinajstić information content (AvgIpc) is 2.50. The van der Waals surface area contributed by atoms with E-state index in [9.17, 15) is 0 Å². The van der Waals surface area contributed by atoms with Gasteiger partial charge in [0.2, 0.25) is 0 Å². The fraction of sp³-hybridized carbons (Fsp3) is 0.294. The molecule has 4 nitrogen and oxygen atoms in total. The molecule has 0 saturated carbocycles. The zero-order valence-electron chi connectivity index (χ0n) is 12.3. The molecular formula is C17H20N2O2.